The molecular weight excluding hydrogens is 1180 g/mol. The molecule has 2 aliphatic heterocycles. The van der Waals surface area contributed by atoms with E-state index in [0.717, 1.165) is 39.1 Å². The second-order valence-electron chi connectivity index (χ2n) is 22.3. The van der Waals surface area contributed by atoms with Crippen molar-refractivity contribution < 1.29 is 66.9 Å². The minimum Gasteiger partial charge on any atom is -0.447 e. The fraction of sp³-hybridized carbons (Fsp3) is 0.359. The molecule has 3 atom stereocenters. The summed E-state index contributed by atoms with van der Waals surface area (Å²) in [4.78, 5) is 142. The third-order valence-corrected chi connectivity index (χ3v) is 15.7. The first kappa shape index (κ1) is 66.1. The Balaban J connectivity index is 0.825. The van der Waals surface area contributed by atoms with Gasteiger partial charge in [0.25, 0.3) is 23.6 Å². The first-order chi connectivity index (χ1) is 43.1. The lowest BCUT2D eigenvalue weighted by molar-refractivity contribution is -0.137. The molecule has 0 unspecified atom stereocenters. The molecule has 4 aromatic carbocycles. The Hall–Kier alpha value is -9.88. The van der Waals surface area contributed by atoms with Crippen LogP contribution in [0.2, 0.25) is 0 Å². The van der Waals surface area contributed by atoms with Crippen LogP contribution in [0.4, 0.5) is 36.2 Å². The number of anilines is 3. The van der Waals surface area contributed by atoms with E-state index in [1.165, 1.54) is 30.1 Å². The van der Waals surface area contributed by atoms with Gasteiger partial charge in [-0.2, -0.15) is 0 Å². The largest absolute Gasteiger partial charge is 0.447 e. The number of alkyl halides is 1. The molecule has 0 bridgehead atoms. The van der Waals surface area contributed by atoms with E-state index in [9.17, 15) is 47.9 Å². The van der Waals surface area contributed by atoms with E-state index in [2.05, 4.69) is 31.2 Å². The van der Waals surface area contributed by atoms with Crippen molar-refractivity contribution in [3.05, 3.63) is 137 Å². The number of carbonyl (C=O) groups is 10. The summed E-state index contributed by atoms with van der Waals surface area (Å²) in [6.07, 6.45) is 1.75. The number of rotatable bonds is 27. The maximum absolute atomic E-state index is 14.5. The molecule has 26 heteroatoms. The Morgan fingerprint density at radius 3 is 2.23 bits per heavy atom. The monoisotopic (exact) mass is 1250 g/mol. The zero-order chi connectivity index (χ0) is 64.8. The summed E-state index contributed by atoms with van der Waals surface area (Å²) in [7, 11) is 3.05. The zero-order valence-corrected chi connectivity index (χ0v) is 51.5. The Bertz CT molecular complexity index is 3710. The number of imide groups is 1. The summed E-state index contributed by atoms with van der Waals surface area (Å²) in [6.45, 7) is 7.52. The van der Waals surface area contributed by atoms with Crippen LogP contribution in [-0.2, 0) is 40.0 Å². The maximum atomic E-state index is 14.5. The van der Waals surface area contributed by atoms with Crippen molar-refractivity contribution in [2.45, 2.75) is 65.5 Å². The number of halogens is 1. The summed E-state index contributed by atoms with van der Waals surface area (Å²) < 4.78 is 22.2. The molecule has 10 amide bonds. The molecular formula is C64H72ClN11O14. The van der Waals surface area contributed by atoms with Crippen LogP contribution in [0.3, 0.4) is 0 Å². The molecule has 0 aliphatic carbocycles. The molecule has 0 saturated heterocycles. The number of aromatic amines is 1. The number of Topliss-reactive ketones (excluding diaryl/α,β-unsaturated/α-hetero) is 1. The van der Waals surface area contributed by atoms with E-state index in [1.54, 1.807) is 73.3 Å². The van der Waals surface area contributed by atoms with Gasteiger partial charge in [0.05, 0.1) is 43.4 Å². The minimum absolute atomic E-state index is 0.0270. The predicted octanol–water partition coefficient (Wildman–Crippen LogP) is 7.92. The lowest BCUT2D eigenvalue weighted by Gasteiger charge is -2.24. The number of ether oxygens (including phenoxy) is 4. The van der Waals surface area contributed by atoms with Gasteiger partial charge < -0.3 is 65.6 Å². The lowest BCUT2D eigenvalue weighted by atomic mass is 9.89. The van der Waals surface area contributed by atoms with Crippen molar-refractivity contribution >= 4 is 110 Å². The number of benzene rings is 4. The number of H-pyrrole nitrogens is 1. The summed E-state index contributed by atoms with van der Waals surface area (Å²) in [5, 5.41) is 12.8. The molecule has 6 aromatic rings. The lowest BCUT2D eigenvalue weighted by Crippen LogP contribution is -2.46. The van der Waals surface area contributed by atoms with Crippen LogP contribution < -0.4 is 36.6 Å². The van der Waals surface area contributed by atoms with Gasteiger partial charge in [0.2, 0.25) is 5.91 Å². The highest BCUT2D eigenvalue weighted by Gasteiger charge is 2.37. The fourth-order valence-corrected chi connectivity index (χ4v) is 10.6. The number of aromatic nitrogens is 2. The van der Waals surface area contributed by atoms with Gasteiger partial charge in [-0.1, -0.05) is 61.9 Å². The molecule has 7 N–H and O–H groups in total. The van der Waals surface area contributed by atoms with E-state index >= 15 is 0 Å². The van der Waals surface area contributed by atoms with Crippen LogP contribution in [-0.4, -0.2) is 163 Å². The highest BCUT2D eigenvalue weighted by Crippen LogP contribution is 2.47. The van der Waals surface area contributed by atoms with Crippen molar-refractivity contribution in [2.75, 3.05) is 88.1 Å². The number of urea groups is 1. The van der Waals surface area contributed by atoms with Gasteiger partial charge in [0.15, 0.2) is 5.78 Å². The van der Waals surface area contributed by atoms with Gasteiger partial charge in [0.1, 0.15) is 30.3 Å². The van der Waals surface area contributed by atoms with E-state index in [1.807, 2.05) is 44.2 Å². The molecule has 474 valence electrons. The summed E-state index contributed by atoms with van der Waals surface area (Å²) in [6, 6.07) is 22.6. The van der Waals surface area contributed by atoms with Crippen molar-refractivity contribution in [1.29, 1.82) is 0 Å². The minimum atomic E-state index is -1.02. The van der Waals surface area contributed by atoms with Crippen LogP contribution >= 0.6 is 11.6 Å². The Morgan fingerprint density at radius 1 is 0.833 bits per heavy atom. The number of pyridine rings is 1. The number of primary amides is 1. The number of hydrogen-bond donors (Lipinski definition) is 6. The summed E-state index contributed by atoms with van der Waals surface area (Å²) in [5.74, 6) is -3.61. The van der Waals surface area contributed by atoms with Gasteiger partial charge in [-0.3, -0.25) is 33.7 Å². The summed E-state index contributed by atoms with van der Waals surface area (Å²) in [5.41, 5.74) is 11.1. The molecule has 0 radical (unpaired) electrons. The molecule has 0 fully saturated rings. The van der Waals surface area contributed by atoms with Gasteiger partial charge in [-0.25, -0.2) is 24.2 Å². The van der Waals surface area contributed by atoms with E-state index < -0.39 is 65.7 Å². The highest BCUT2D eigenvalue weighted by atomic mass is 35.5. The number of hydrogen-bond acceptors (Lipinski definition) is 15. The number of nitrogens with one attached hydrogen (secondary N) is 5. The van der Waals surface area contributed by atoms with Crippen molar-refractivity contribution in [3.8, 4) is 5.75 Å². The number of nitrogens with two attached hydrogens (primary N) is 1. The fourth-order valence-electron chi connectivity index (χ4n) is 10.3. The van der Waals surface area contributed by atoms with Crippen LogP contribution in [0.15, 0.2) is 103 Å². The Labute approximate surface area is 523 Å². The molecule has 4 heterocycles. The number of ketones is 1. The third kappa shape index (κ3) is 16.8. The molecule has 8 rings (SSSR count). The topological polar surface area (TPSA) is 323 Å². The van der Waals surface area contributed by atoms with Gasteiger partial charge in [-0.15, -0.1) is 11.6 Å². The number of nitrogens with zero attached hydrogens (tertiary/aromatic N) is 5. The second kappa shape index (κ2) is 30.4. The standard InChI is InChI=1S/C64H72ClN11O14/c1-37(2)56(72-62(84)88-28-27-87-26-25-75-52(78)20-21-53(75)79)50(77)31-42(10-8-22-67-61(66)83)59(81)69-45-18-14-40(15-19-45)36-89-63(85)73(5)23-24-74(6)64(86)90-51-32-49-55(54-39(4)9-7-11-47(51)54)44(33-65)35-76(49)60(82)48-30-43-29-46(34-68-57(43)71-48)70-58(80)41-16-12-38(3)13-17-41/h7,9,11-21,29-30,32,34,37,42,44,56H,8,10,22-28,31,33,35-36H2,1-6H3,(H,68,71)(H,69,81)(H,70,80)(H,72,84)(H3,66,67,83)/t42-,44-,56+/m1/s1. The highest BCUT2D eigenvalue weighted by molar-refractivity contribution is 6.19. The maximum Gasteiger partial charge on any atom is 0.415 e. The Morgan fingerprint density at radius 2 is 1.54 bits per heavy atom. The first-order valence-corrected chi connectivity index (χ1v) is 29.7. The first-order valence-electron chi connectivity index (χ1n) is 29.2. The molecule has 2 aliphatic rings. The molecule has 25 nitrogen and oxygen atoms in total. The van der Waals surface area contributed by atoms with E-state index in [0.29, 0.717) is 51.0 Å². The molecule has 90 heavy (non-hydrogen) atoms. The van der Waals surface area contributed by atoms with Gasteiger partial charge in [-0.05, 0) is 91.1 Å². The zero-order valence-electron chi connectivity index (χ0n) is 50.7. The van der Waals surface area contributed by atoms with Gasteiger partial charge in [0, 0.05) is 105 Å². The van der Waals surface area contributed by atoms with Crippen molar-refractivity contribution in [2.24, 2.45) is 17.6 Å². The average Bonchev–Trinajstić information content (AvgIpc) is 1.55. The van der Waals surface area contributed by atoms with Crippen LogP contribution in [0.1, 0.15) is 82.1 Å². The normalized spacial score (nSPS) is 14.1. The molecule has 0 spiro atoms. The Kier molecular flexibility index (Phi) is 22.3. The number of alkyl carbamates (subject to hydrolysis) is 1. The van der Waals surface area contributed by atoms with Crippen LogP contribution in [0.25, 0.3) is 21.8 Å². The number of likely N-dealkylation sites (N-methyl/N-ethyl adjacent to an activating group) is 2. The van der Waals surface area contributed by atoms with E-state index in [4.69, 9.17) is 36.3 Å². The van der Waals surface area contributed by atoms with E-state index in [-0.39, 0.29) is 107 Å². The van der Waals surface area contributed by atoms with Gasteiger partial charge >= 0.3 is 24.3 Å². The molecule has 2 aromatic heterocycles. The van der Waals surface area contributed by atoms with Crippen LogP contribution in [0.5, 0.6) is 5.75 Å². The average molecular weight is 1250 g/mol. The number of amides is 10. The van der Waals surface area contributed by atoms with Crippen molar-refractivity contribution in [1.82, 2.24) is 35.3 Å². The number of aryl methyl sites for hydroxylation is 2. The third-order valence-electron chi connectivity index (χ3n) is 15.3. The number of carbonyl (C=O) groups excluding carboxylic acids is 10. The van der Waals surface area contributed by atoms with Crippen LogP contribution in [0, 0.1) is 25.7 Å². The SMILES string of the molecule is Cc1ccc(C(=O)Nc2cnc3[nH]c(C(=O)N4C[C@@H](CCl)c5c4cc(OC(=O)N(C)CCN(C)C(=O)OCc4ccc(NC(=O)[C@H](CCCNC(N)=O)CC(=O)[C@@H](NC(=O)OCCOCCN6C(=O)C=CC6=O)C(C)C)cc4)c4cccc(C)c54)cc3c2)cc1. The quantitative estimate of drug-likeness (QED) is 0.0162. The van der Waals surface area contributed by atoms with Crippen molar-refractivity contribution in [3.63, 3.8) is 0 Å². The summed E-state index contributed by atoms with van der Waals surface area (Å²) >= 11 is 6.62. The second-order valence-corrected chi connectivity index (χ2v) is 22.6. The molecule has 0 saturated carbocycles. The predicted molar refractivity (Wildman–Crippen MR) is 335 cm³/mol. The number of fused-ring (bicyclic) bond motifs is 4. The smallest absolute Gasteiger partial charge is 0.415 e.